The van der Waals surface area contributed by atoms with Crippen LogP contribution in [0.5, 0.6) is 0 Å². The Kier molecular flexibility index (Phi) is 2.97. The fourth-order valence-corrected chi connectivity index (χ4v) is 2.27. The molecule has 0 aromatic heterocycles. The zero-order valence-electron chi connectivity index (χ0n) is 8.30. The summed E-state index contributed by atoms with van der Waals surface area (Å²) >= 11 is 5.60. The molecule has 0 aliphatic heterocycles. The van der Waals surface area contributed by atoms with Gasteiger partial charge >= 0.3 is 0 Å². The number of carbonyl (C=O) groups is 1. The second-order valence-electron chi connectivity index (χ2n) is 4.01. The van der Waals surface area contributed by atoms with E-state index in [0.29, 0.717) is 0 Å². The summed E-state index contributed by atoms with van der Waals surface area (Å²) in [7, 11) is 0. The highest BCUT2D eigenvalue weighted by molar-refractivity contribution is 6.64. The van der Waals surface area contributed by atoms with E-state index in [9.17, 15) is 4.79 Å². The van der Waals surface area contributed by atoms with Crippen LogP contribution in [0.1, 0.15) is 27.2 Å². The lowest BCUT2D eigenvalue weighted by molar-refractivity contribution is -0.116. The molecule has 13 heavy (non-hydrogen) atoms. The van der Waals surface area contributed by atoms with Gasteiger partial charge in [0, 0.05) is 0 Å². The zero-order valence-corrected chi connectivity index (χ0v) is 9.06. The van der Waals surface area contributed by atoms with Crippen molar-refractivity contribution in [2.45, 2.75) is 27.2 Å². The molecule has 1 atom stereocenters. The van der Waals surface area contributed by atoms with Crippen molar-refractivity contribution >= 4 is 16.8 Å². The van der Waals surface area contributed by atoms with Crippen molar-refractivity contribution in [3.63, 3.8) is 0 Å². The van der Waals surface area contributed by atoms with E-state index in [0.717, 1.165) is 12.0 Å². The minimum absolute atomic E-state index is 0.140. The maximum atomic E-state index is 11.3. The molecule has 0 aromatic carbocycles. The molecule has 0 bridgehead atoms. The third-order valence-electron chi connectivity index (χ3n) is 2.59. The smallest absolute Gasteiger partial charge is 0.229 e. The van der Waals surface area contributed by atoms with Crippen molar-refractivity contribution in [1.29, 1.82) is 0 Å². The fourth-order valence-electron chi connectivity index (χ4n) is 1.85. The first-order chi connectivity index (χ1) is 5.99. The second kappa shape index (κ2) is 3.67. The fraction of sp³-hybridized carbons (Fsp3) is 0.545. The predicted octanol–water partition coefficient (Wildman–Crippen LogP) is 3.30. The van der Waals surface area contributed by atoms with Gasteiger partial charge in [-0.15, -0.1) is 0 Å². The van der Waals surface area contributed by atoms with Crippen molar-refractivity contribution in [2.24, 2.45) is 11.3 Å². The molecule has 1 rings (SSSR count). The summed E-state index contributed by atoms with van der Waals surface area (Å²) in [6.45, 7) is 6.13. The Morgan fingerprint density at radius 3 is 2.62 bits per heavy atom. The first-order valence-corrected chi connectivity index (χ1v) is 4.94. The van der Waals surface area contributed by atoms with Crippen molar-refractivity contribution in [3.05, 3.63) is 23.8 Å². The van der Waals surface area contributed by atoms with Gasteiger partial charge in [0.15, 0.2) is 0 Å². The molecular formula is C11H15ClO. The van der Waals surface area contributed by atoms with Crippen molar-refractivity contribution in [2.75, 3.05) is 0 Å². The van der Waals surface area contributed by atoms with E-state index in [1.54, 1.807) is 0 Å². The van der Waals surface area contributed by atoms with E-state index in [1.165, 1.54) is 0 Å². The monoisotopic (exact) mass is 198 g/mol. The zero-order chi connectivity index (χ0) is 10.1. The lowest BCUT2D eigenvalue weighted by Crippen LogP contribution is -2.30. The van der Waals surface area contributed by atoms with Gasteiger partial charge in [-0.25, -0.2) is 0 Å². The lowest BCUT2D eigenvalue weighted by atomic mass is 9.72. The van der Waals surface area contributed by atoms with E-state index in [2.05, 4.69) is 0 Å². The first kappa shape index (κ1) is 10.5. The van der Waals surface area contributed by atoms with Gasteiger partial charge < -0.3 is 0 Å². The van der Waals surface area contributed by atoms with Gasteiger partial charge in [0.25, 0.3) is 0 Å². The molecule has 0 fully saturated rings. The maximum absolute atomic E-state index is 11.3. The number of hydrogen-bond acceptors (Lipinski definition) is 1. The molecule has 0 spiro atoms. The topological polar surface area (TPSA) is 17.1 Å². The Morgan fingerprint density at radius 1 is 1.62 bits per heavy atom. The highest BCUT2D eigenvalue weighted by atomic mass is 35.5. The Labute approximate surface area is 84.5 Å². The van der Waals surface area contributed by atoms with Gasteiger partial charge in [0.05, 0.1) is 5.92 Å². The van der Waals surface area contributed by atoms with Crippen LogP contribution in [0.3, 0.4) is 0 Å². The minimum atomic E-state index is -0.248. The summed E-state index contributed by atoms with van der Waals surface area (Å²) in [6, 6.07) is 0. The van der Waals surface area contributed by atoms with Gasteiger partial charge in [0.1, 0.15) is 0 Å². The molecule has 72 valence electrons. The van der Waals surface area contributed by atoms with Crippen molar-refractivity contribution < 1.29 is 4.79 Å². The van der Waals surface area contributed by atoms with E-state index in [-0.39, 0.29) is 16.6 Å². The Morgan fingerprint density at radius 2 is 2.23 bits per heavy atom. The van der Waals surface area contributed by atoms with Crippen molar-refractivity contribution in [1.82, 2.24) is 0 Å². The molecule has 0 aromatic rings. The average molecular weight is 199 g/mol. The number of carbonyl (C=O) groups excluding carboxylic acids is 1. The second-order valence-corrected chi connectivity index (χ2v) is 4.39. The average Bonchev–Trinajstić information content (AvgIpc) is 2.01. The largest absolute Gasteiger partial charge is 0.281 e. The van der Waals surface area contributed by atoms with E-state index < -0.39 is 0 Å². The summed E-state index contributed by atoms with van der Waals surface area (Å²) in [5.74, 6) is -0.149. The number of allylic oxidation sites excluding steroid dienone is 4. The molecule has 1 unspecified atom stereocenters. The van der Waals surface area contributed by atoms with Crippen LogP contribution in [-0.2, 0) is 4.79 Å². The molecule has 0 saturated carbocycles. The molecule has 0 saturated heterocycles. The van der Waals surface area contributed by atoms with Gasteiger partial charge in [-0.05, 0) is 23.4 Å². The number of hydrogen-bond donors (Lipinski definition) is 0. The lowest BCUT2D eigenvalue weighted by Gasteiger charge is -2.32. The van der Waals surface area contributed by atoms with E-state index in [4.69, 9.17) is 11.6 Å². The minimum Gasteiger partial charge on any atom is -0.281 e. The summed E-state index contributed by atoms with van der Waals surface area (Å²) in [5.41, 5.74) is 0.992. The molecule has 0 radical (unpaired) electrons. The first-order valence-electron chi connectivity index (χ1n) is 4.56. The molecule has 1 aliphatic rings. The van der Waals surface area contributed by atoms with Crippen LogP contribution in [-0.4, -0.2) is 5.24 Å². The standard InChI is InChI=1S/C11H15ClO/c1-4-8-6-5-7-11(2,3)9(8)10(12)13/h5-7,9H,4H2,1-3H3. The van der Waals surface area contributed by atoms with E-state index in [1.807, 2.05) is 39.0 Å². The van der Waals surface area contributed by atoms with Crippen LogP contribution >= 0.6 is 11.6 Å². The molecular weight excluding hydrogens is 184 g/mol. The summed E-state index contributed by atoms with van der Waals surface area (Å²) in [4.78, 5) is 11.3. The highest BCUT2D eigenvalue weighted by Crippen LogP contribution is 2.39. The molecule has 1 nitrogen and oxygen atoms in total. The maximum Gasteiger partial charge on any atom is 0.229 e. The predicted molar refractivity (Wildman–Crippen MR) is 55.6 cm³/mol. The summed E-state index contributed by atoms with van der Waals surface area (Å²) in [5, 5.41) is -0.248. The summed E-state index contributed by atoms with van der Waals surface area (Å²) in [6.07, 6.45) is 6.93. The molecule has 0 N–H and O–H groups in total. The number of halogens is 1. The van der Waals surface area contributed by atoms with Gasteiger partial charge in [0.2, 0.25) is 5.24 Å². The SMILES string of the molecule is CCC1=CC=CC(C)(C)C1C(=O)Cl. The van der Waals surface area contributed by atoms with Gasteiger partial charge in [-0.1, -0.05) is 44.6 Å². The normalized spacial score (nSPS) is 25.5. The Hall–Kier alpha value is -0.560. The van der Waals surface area contributed by atoms with Gasteiger partial charge in [-0.3, -0.25) is 4.79 Å². The van der Waals surface area contributed by atoms with E-state index >= 15 is 0 Å². The van der Waals surface area contributed by atoms with Crippen LogP contribution in [0, 0.1) is 11.3 Å². The van der Waals surface area contributed by atoms with Crippen LogP contribution in [0.25, 0.3) is 0 Å². The Balaban J connectivity index is 3.04. The molecule has 2 heteroatoms. The third kappa shape index (κ3) is 2.02. The molecule has 1 aliphatic carbocycles. The van der Waals surface area contributed by atoms with Crippen LogP contribution in [0.4, 0.5) is 0 Å². The quantitative estimate of drug-likeness (QED) is 0.623. The molecule has 0 amide bonds. The van der Waals surface area contributed by atoms with Crippen LogP contribution in [0.15, 0.2) is 23.8 Å². The van der Waals surface area contributed by atoms with Crippen molar-refractivity contribution in [3.8, 4) is 0 Å². The third-order valence-corrected chi connectivity index (χ3v) is 2.80. The van der Waals surface area contributed by atoms with Crippen LogP contribution in [0.2, 0.25) is 0 Å². The highest BCUT2D eigenvalue weighted by Gasteiger charge is 2.35. The number of rotatable bonds is 2. The van der Waals surface area contributed by atoms with Crippen LogP contribution < -0.4 is 0 Å². The summed E-state index contributed by atoms with van der Waals surface area (Å²) < 4.78 is 0. The van der Waals surface area contributed by atoms with Gasteiger partial charge in [-0.2, -0.15) is 0 Å². The Bertz CT molecular complexity index is 274. The molecule has 0 heterocycles.